The quantitative estimate of drug-likeness (QED) is 0.753. The summed E-state index contributed by atoms with van der Waals surface area (Å²) in [6.45, 7) is 1.89. The van der Waals surface area contributed by atoms with Gasteiger partial charge >= 0.3 is 6.03 Å². The molecular weight excluding hydrogens is 300 g/mol. The Morgan fingerprint density at radius 3 is 2.45 bits per heavy atom. The number of amides is 2. The predicted octanol–water partition coefficient (Wildman–Crippen LogP) is 3.25. The number of carbonyl (C=O) groups is 1. The van der Waals surface area contributed by atoms with E-state index < -0.39 is 5.54 Å². The molecule has 1 aromatic rings. The molecule has 0 aromatic heterocycles. The van der Waals surface area contributed by atoms with Crippen LogP contribution >= 0.6 is 11.6 Å². The zero-order valence-electron chi connectivity index (χ0n) is 12.8. The fourth-order valence-electron chi connectivity index (χ4n) is 3.00. The number of nitrogens with one attached hydrogen (secondary N) is 2. The van der Waals surface area contributed by atoms with E-state index in [0.29, 0.717) is 16.9 Å². The van der Waals surface area contributed by atoms with Crippen LogP contribution in [0.15, 0.2) is 24.3 Å². The van der Waals surface area contributed by atoms with E-state index in [1.165, 1.54) is 0 Å². The Bertz CT molecular complexity index is 540. The van der Waals surface area contributed by atoms with Gasteiger partial charge in [-0.3, -0.25) is 0 Å². The largest absolute Gasteiger partial charge is 0.394 e. The summed E-state index contributed by atoms with van der Waals surface area (Å²) in [5.41, 5.74) is 0.567. The second kappa shape index (κ2) is 6.09. The summed E-state index contributed by atoms with van der Waals surface area (Å²) in [7, 11) is 0. The summed E-state index contributed by atoms with van der Waals surface area (Å²) >= 11 is 5.94. The standard InChI is InChI=1S/C17H23ClN2O2/c1-17(10-21,13-6-7-13)20-16(22)19-15(11-2-3-11)12-4-8-14(18)9-5-12/h4-5,8-9,11,13,15,21H,2-3,6-7,10H2,1H3,(H2,19,20,22). The average molecular weight is 323 g/mol. The lowest BCUT2D eigenvalue weighted by atomic mass is 9.97. The van der Waals surface area contributed by atoms with E-state index in [4.69, 9.17) is 11.6 Å². The minimum atomic E-state index is -0.516. The molecule has 0 saturated heterocycles. The van der Waals surface area contributed by atoms with E-state index in [1.54, 1.807) is 0 Å². The lowest BCUT2D eigenvalue weighted by molar-refractivity contribution is 0.153. The highest BCUT2D eigenvalue weighted by Crippen LogP contribution is 2.42. The third kappa shape index (κ3) is 3.55. The SMILES string of the molecule is CC(CO)(NC(=O)NC(c1ccc(Cl)cc1)C1CC1)C1CC1. The smallest absolute Gasteiger partial charge is 0.315 e. The highest BCUT2D eigenvalue weighted by molar-refractivity contribution is 6.30. The predicted molar refractivity (Wildman–Crippen MR) is 86.8 cm³/mol. The number of urea groups is 1. The molecule has 2 atom stereocenters. The van der Waals surface area contributed by atoms with Gasteiger partial charge in [-0.1, -0.05) is 23.7 Å². The van der Waals surface area contributed by atoms with Gasteiger partial charge in [0.25, 0.3) is 0 Å². The highest BCUT2D eigenvalue weighted by atomic mass is 35.5. The van der Waals surface area contributed by atoms with Gasteiger partial charge in [-0.15, -0.1) is 0 Å². The Labute approximate surface area is 136 Å². The molecule has 4 nitrogen and oxygen atoms in total. The molecule has 22 heavy (non-hydrogen) atoms. The maximum Gasteiger partial charge on any atom is 0.315 e. The van der Waals surface area contributed by atoms with Crippen molar-refractivity contribution in [2.24, 2.45) is 11.8 Å². The fourth-order valence-corrected chi connectivity index (χ4v) is 3.13. The molecule has 3 rings (SSSR count). The van der Waals surface area contributed by atoms with Gasteiger partial charge in [0, 0.05) is 5.02 Å². The Balaban J connectivity index is 1.66. The van der Waals surface area contributed by atoms with Crippen LogP contribution in [0.4, 0.5) is 4.79 Å². The Kier molecular flexibility index (Phi) is 4.33. The van der Waals surface area contributed by atoms with Crippen molar-refractivity contribution in [1.29, 1.82) is 0 Å². The van der Waals surface area contributed by atoms with Crippen molar-refractivity contribution in [3.63, 3.8) is 0 Å². The summed E-state index contributed by atoms with van der Waals surface area (Å²) in [6, 6.07) is 7.46. The first-order valence-corrected chi connectivity index (χ1v) is 8.34. The van der Waals surface area contributed by atoms with Gasteiger partial charge in [0.2, 0.25) is 0 Å². The van der Waals surface area contributed by atoms with E-state index in [0.717, 1.165) is 31.2 Å². The number of halogens is 1. The van der Waals surface area contributed by atoms with Crippen LogP contribution in [0.3, 0.4) is 0 Å². The first kappa shape index (κ1) is 15.6. The Morgan fingerprint density at radius 2 is 1.95 bits per heavy atom. The first-order chi connectivity index (χ1) is 10.5. The van der Waals surface area contributed by atoms with Crippen LogP contribution in [0.2, 0.25) is 5.02 Å². The van der Waals surface area contributed by atoms with Crippen molar-refractivity contribution >= 4 is 17.6 Å². The molecule has 1 aromatic carbocycles. The molecule has 3 N–H and O–H groups in total. The molecule has 0 bridgehead atoms. The van der Waals surface area contributed by atoms with Gasteiger partial charge in [0.1, 0.15) is 0 Å². The molecule has 2 fully saturated rings. The monoisotopic (exact) mass is 322 g/mol. The number of hydrogen-bond donors (Lipinski definition) is 3. The molecule has 2 unspecified atom stereocenters. The molecule has 0 radical (unpaired) electrons. The maximum absolute atomic E-state index is 12.4. The van der Waals surface area contributed by atoms with Crippen molar-refractivity contribution < 1.29 is 9.90 Å². The van der Waals surface area contributed by atoms with E-state index in [1.807, 2.05) is 31.2 Å². The fraction of sp³-hybridized carbons (Fsp3) is 0.588. The molecule has 120 valence electrons. The number of rotatable bonds is 6. The number of hydrogen-bond acceptors (Lipinski definition) is 2. The number of benzene rings is 1. The molecule has 5 heteroatoms. The molecule has 2 aliphatic carbocycles. The van der Waals surface area contributed by atoms with Crippen LogP contribution in [0.1, 0.15) is 44.2 Å². The second-order valence-corrected chi connectivity index (χ2v) is 7.25. The summed E-state index contributed by atoms with van der Waals surface area (Å²) in [5.74, 6) is 0.881. The molecule has 2 saturated carbocycles. The van der Waals surface area contributed by atoms with Crippen LogP contribution in [-0.4, -0.2) is 23.3 Å². The van der Waals surface area contributed by atoms with Crippen LogP contribution in [0.5, 0.6) is 0 Å². The average Bonchev–Trinajstić information content (AvgIpc) is 3.38. The van der Waals surface area contributed by atoms with Crippen molar-refractivity contribution in [2.45, 2.75) is 44.2 Å². The minimum absolute atomic E-state index is 0.0133. The highest BCUT2D eigenvalue weighted by Gasteiger charge is 2.43. The van der Waals surface area contributed by atoms with Crippen LogP contribution in [-0.2, 0) is 0 Å². The van der Waals surface area contributed by atoms with Crippen LogP contribution in [0, 0.1) is 11.8 Å². The van der Waals surface area contributed by atoms with Crippen molar-refractivity contribution in [3.8, 4) is 0 Å². The Morgan fingerprint density at radius 1 is 1.32 bits per heavy atom. The molecule has 2 aliphatic rings. The number of aliphatic hydroxyl groups is 1. The summed E-state index contributed by atoms with van der Waals surface area (Å²) in [5, 5.41) is 16.3. The van der Waals surface area contributed by atoms with Gasteiger partial charge in [0.05, 0.1) is 18.2 Å². The topological polar surface area (TPSA) is 61.4 Å². The van der Waals surface area contributed by atoms with Gasteiger partial charge in [-0.05, 0) is 62.1 Å². The molecule has 2 amide bonds. The lowest BCUT2D eigenvalue weighted by Gasteiger charge is -2.30. The summed E-state index contributed by atoms with van der Waals surface area (Å²) in [6.07, 6.45) is 4.40. The third-order valence-corrected chi connectivity index (χ3v) is 5.07. The summed E-state index contributed by atoms with van der Waals surface area (Å²) < 4.78 is 0. The van der Waals surface area contributed by atoms with E-state index in [9.17, 15) is 9.90 Å². The van der Waals surface area contributed by atoms with Gasteiger partial charge in [-0.2, -0.15) is 0 Å². The Hall–Kier alpha value is -1.26. The molecule has 0 spiro atoms. The number of carbonyl (C=O) groups excluding carboxylic acids is 1. The van der Waals surface area contributed by atoms with Crippen LogP contribution in [0.25, 0.3) is 0 Å². The van der Waals surface area contributed by atoms with Gasteiger partial charge in [-0.25, -0.2) is 4.79 Å². The maximum atomic E-state index is 12.4. The zero-order valence-corrected chi connectivity index (χ0v) is 13.6. The van der Waals surface area contributed by atoms with E-state index in [2.05, 4.69) is 10.6 Å². The minimum Gasteiger partial charge on any atom is -0.394 e. The van der Waals surface area contributed by atoms with Crippen molar-refractivity contribution in [3.05, 3.63) is 34.9 Å². The van der Waals surface area contributed by atoms with Gasteiger partial charge < -0.3 is 15.7 Å². The van der Waals surface area contributed by atoms with Crippen molar-refractivity contribution in [2.75, 3.05) is 6.61 Å². The number of aliphatic hydroxyl groups excluding tert-OH is 1. The second-order valence-electron chi connectivity index (χ2n) is 6.81. The van der Waals surface area contributed by atoms with Crippen molar-refractivity contribution in [1.82, 2.24) is 10.6 Å². The normalized spacial score (nSPS) is 21.8. The molecule has 0 aliphatic heterocycles. The summed E-state index contributed by atoms with van der Waals surface area (Å²) in [4.78, 5) is 12.4. The van der Waals surface area contributed by atoms with Crippen LogP contribution < -0.4 is 10.6 Å². The molecular formula is C17H23ClN2O2. The van der Waals surface area contributed by atoms with E-state index in [-0.39, 0.29) is 18.7 Å². The molecule has 0 heterocycles. The van der Waals surface area contributed by atoms with E-state index >= 15 is 0 Å². The first-order valence-electron chi connectivity index (χ1n) is 7.97. The lowest BCUT2D eigenvalue weighted by Crippen LogP contribution is -2.54. The third-order valence-electron chi connectivity index (χ3n) is 4.82. The van der Waals surface area contributed by atoms with Gasteiger partial charge in [0.15, 0.2) is 0 Å². The zero-order chi connectivity index (χ0) is 15.7.